The molecule has 1 aromatic carbocycles. The van der Waals surface area contributed by atoms with Gasteiger partial charge in [-0.25, -0.2) is 22.8 Å². The number of benzene rings is 1. The van der Waals surface area contributed by atoms with E-state index in [9.17, 15) is 38.4 Å². The van der Waals surface area contributed by atoms with Gasteiger partial charge in [-0.1, -0.05) is 18.1 Å². The van der Waals surface area contributed by atoms with Crippen molar-refractivity contribution in [3.8, 4) is 11.3 Å². The molecule has 13 nitrogen and oxygen atoms in total. The SMILES string of the molecule is O=C([C@@H]1O[C@H](CO)[C@H](O)[C@H](n2cc(-c3cc(F)c(F)c(F)c3)nn2)[C@H]1O)N(Cc1cnc(C2CNCCO2)s1)[C@H]1CCCC[C@@H]1O. The van der Waals surface area contributed by atoms with Gasteiger partial charge in [-0.05, 0) is 25.0 Å². The molecule has 1 saturated carbocycles. The number of hydrogen-bond acceptors (Lipinski definition) is 12. The zero-order valence-corrected chi connectivity index (χ0v) is 25.4. The second-order valence-electron chi connectivity index (χ2n) is 11.7. The highest BCUT2D eigenvalue weighted by molar-refractivity contribution is 7.11. The lowest BCUT2D eigenvalue weighted by molar-refractivity contribution is -0.214. The van der Waals surface area contributed by atoms with E-state index in [1.54, 1.807) is 6.20 Å². The Morgan fingerprint density at radius 3 is 2.59 bits per heavy atom. The number of nitrogens with zero attached hydrogens (tertiary/aromatic N) is 5. The van der Waals surface area contributed by atoms with Crippen LogP contribution in [0.4, 0.5) is 13.2 Å². The van der Waals surface area contributed by atoms with E-state index in [1.807, 2.05) is 0 Å². The Balaban J connectivity index is 1.28. The molecule has 4 heterocycles. The molecule has 2 aliphatic heterocycles. The van der Waals surface area contributed by atoms with Crippen LogP contribution in [0, 0.1) is 17.5 Å². The van der Waals surface area contributed by atoms with Gasteiger partial charge in [0.25, 0.3) is 5.91 Å². The summed E-state index contributed by atoms with van der Waals surface area (Å²) in [5, 5.41) is 55.4. The summed E-state index contributed by atoms with van der Waals surface area (Å²) in [6, 6.07) is -0.544. The maximum absolute atomic E-state index is 14.3. The minimum Gasteiger partial charge on any atom is -0.394 e. The second-order valence-corrected chi connectivity index (χ2v) is 12.8. The molecular weight excluding hydrogens is 633 g/mol. The van der Waals surface area contributed by atoms with E-state index in [-0.39, 0.29) is 23.9 Å². The first-order chi connectivity index (χ1) is 22.2. The summed E-state index contributed by atoms with van der Waals surface area (Å²) in [4.78, 5) is 21.0. The summed E-state index contributed by atoms with van der Waals surface area (Å²) in [5.74, 6) is -5.22. The number of nitrogens with one attached hydrogen (secondary N) is 1. The normalized spacial score (nSPS) is 30.3. The van der Waals surface area contributed by atoms with E-state index in [2.05, 4.69) is 20.6 Å². The average Bonchev–Trinajstić information content (AvgIpc) is 3.74. The van der Waals surface area contributed by atoms with Crippen molar-refractivity contribution in [1.82, 2.24) is 30.2 Å². The Kier molecular flexibility index (Phi) is 10.0. The molecular formula is C29H35F3N6O7S. The zero-order valence-electron chi connectivity index (χ0n) is 24.6. The lowest BCUT2D eigenvalue weighted by atomic mass is 9.88. The van der Waals surface area contributed by atoms with Crippen LogP contribution < -0.4 is 5.32 Å². The van der Waals surface area contributed by atoms with Crippen molar-refractivity contribution in [2.24, 2.45) is 0 Å². The van der Waals surface area contributed by atoms with Gasteiger partial charge in [-0.15, -0.1) is 16.4 Å². The van der Waals surface area contributed by atoms with Gasteiger partial charge in [0, 0.05) is 29.7 Å². The molecule has 3 aromatic rings. The molecule has 3 aliphatic rings. The van der Waals surface area contributed by atoms with E-state index >= 15 is 0 Å². The summed E-state index contributed by atoms with van der Waals surface area (Å²) in [6.45, 7) is 1.21. The Labute approximate surface area is 265 Å². The molecule has 1 amide bonds. The molecule has 8 atom stereocenters. The highest BCUT2D eigenvalue weighted by atomic mass is 32.1. The fraction of sp³-hybridized carbons (Fsp3) is 0.586. The van der Waals surface area contributed by atoms with E-state index in [0.29, 0.717) is 26.0 Å². The molecule has 2 saturated heterocycles. The quantitative estimate of drug-likeness (QED) is 0.215. The molecule has 1 aliphatic carbocycles. The van der Waals surface area contributed by atoms with Crippen molar-refractivity contribution >= 4 is 17.2 Å². The summed E-state index contributed by atoms with van der Waals surface area (Å²) in [6.07, 6.45) is -1.96. The first-order valence-corrected chi connectivity index (χ1v) is 15.9. The van der Waals surface area contributed by atoms with Crippen molar-refractivity contribution in [3.05, 3.63) is 51.9 Å². The number of halogens is 3. The zero-order chi connectivity index (χ0) is 32.5. The molecule has 17 heteroatoms. The third kappa shape index (κ3) is 6.55. The molecule has 250 valence electrons. The summed E-state index contributed by atoms with van der Waals surface area (Å²) in [5.41, 5.74) is -0.252. The summed E-state index contributed by atoms with van der Waals surface area (Å²) in [7, 11) is 0. The first kappa shape index (κ1) is 32.9. The maximum Gasteiger partial charge on any atom is 0.255 e. The molecule has 0 radical (unpaired) electrons. The number of rotatable bonds is 8. The largest absolute Gasteiger partial charge is 0.394 e. The number of morpholine rings is 1. The van der Waals surface area contributed by atoms with Crippen LogP contribution in [0.15, 0.2) is 24.5 Å². The van der Waals surface area contributed by atoms with Gasteiger partial charge in [0.2, 0.25) is 0 Å². The average molecular weight is 669 g/mol. The summed E-state index contributed by atoms with van der Waals surface area (Å²) >= 11 is 1.37. The molecule has 46 heavy (non-hydrogen) atoms. The third-order valence-electron chi connectivity index (χ3n) is 8.71. The Morgan fingerprint density at radius 1 is 1.13 bits per heavy atom. The Bertz CT molecular complexity index is 1500. The van der Waals surface area contributed by atoms with E-state index in [4.69, 9.17) is 9.47 Å². The first-order valence-electron chi connectivity index (χ1n) is 15.1. The van der Waals surface area contributed by atoms with Crippen LogP contribution in [0.1, 0.15) is 47.7 Å². The van der Waals surface area contributed by atoms with Crippen LogP contribution in [0.2, 0.25) is 0 Å². The number of ether oxygens (including phenoxy) is 2. The molecule has 3 fully saturated rings. The van der Waals surface area contributed by atoms with Crippen molar-refractivity contribution in [1.29, 1.82) is 0 Å². The fourth-order valence-electron chi connectivity index (χ4n) is 6.29. The standard InChI is InChI=1S/C29H35F3N6O7S/c30-16-7-14(8-17(31)23(16)32)18-12-38(36-35-18)24-25(41)22(13-39)45-27(26(24)42)29(43)37(19-3-1-2-4-20(19)40)11-15-9-34-28(46-15)21-10-33-5-6-44-21/h7-9,12,19-22,24-27,33,39-42H,1-6,10-11,13H2/t19-,20-,21?,22+,24-,25-,26+,27+/m0/s1. The highest BCUT2D eigenvalue weighted by Gasteiger charge is 2.51. The van der Waals surface area contributed by atoms with E-state index in [1.165, 1.54) is 22.4 Å². The van der Waals surface area contributed by atoms with Gasteiger partial charge in [-0.3, -0.25) is 4.79 Å². The molecule has 6 rings (SSSR count). The van der Waals surface area contributed by atoms with Crippen LogP contribution in [0.25, 0.3) is 11.3 Å². The van der Waals surface area contributed by atoms with Gasteiger partial charge in [0.05, 0.1) is 38.1 Å². The maximum atomic E-state index is 14.3. The van der Waals surface area contributed by atoms with Gasteiger partial charge in [-0.2, -0.15) is 0 Å². The number of hydrogen-bond donors (Lipinski definition) is 5. The molecule has 1 unspecified atom stereocenters. The van der Waals surface area contributed by atoms with Gasteiger partial charge < -0.3 is 40.1 Å². The lowest BCUT2D eigenvalue weighted by Gasteiger charge is -2.45. The van der Waals surface area contributed by atoms with Gasteiger partial charge in [0.1, 0.15) is 41.2 Å². The molecule has 5 N–H and O–H groups in total. The highest BCUT2D eigenvalue weighted by Crippen LogP contribution is 2.35. The number of carbonyl (C=O) groups is 1. The number of aliphatic hydroxyl groups excluding tert-OH is 4. The molecule has 2 aromatic heterocycles. The van der Waals surface area contributed by atoms with Crippen LogP contribution in [-0.2, 0) is 20.8 Å². The Morgan fingerprint density at radius 2 is 1.89 bits per heavy atom. The minimum atomic E-state index is -1.73. The number of thiazole rings is 1. The number of carbonyl (C=O) groups excluding carboxylic acids is 1. The third-order valence-corrected chi connectivity index (χ3v) is 9.78. The predicted molar refractivity (Wildman–Crippen MR) is 155 cm³/mol. The number of amides is 1. The Hall–Kier alpha value is -3.03. The van der Waals surface area contributed by atoms with E-state index in [0.717, 1.165) is 46.1 Å². The number of aromatic nitrogens is 4. The minimum absolute atomic E-state index is 0.0527. The second kappa shape index (κ2) is 14.0. The van der Waals surface area contributed by atoms with Gasteiger partial charge >= 0.3 is 0 Å². The van der Waals surface area contributed by atoms with Crippen LogP contribution in [0.3, 0.4) is 0 Å². The molecule has 0 bridgehead atoms. The van der Waals surface area contributed by atoms with Gasteiger partial charge in [0.15, 0.2) is 23.6 Å². The van der Waals surface area contributed by atoms with Crippen molar-refractivity contribution in [3.63, 3.8) is 0 Å². The smallest absolute Gasteiger partial charge is 0.255 e. The van der Waals surface area contributed by atoms with Crippen molar-refractivity contribution < 1.29 is 47.9 Å². The number of aliphatic hydroxyl groups is 4. The predicted octanol–water partition coefficient (Wildman–Crippen LogP) is 0.835. The van der Waals surface area contributed by atoms with Crippen molar-refractivity contribution in [2.75, 3.05) is 26.3 Å². The van der Waals surface area contributed by atoms with Crippen LogP contribution >= 0.6 is 11.3 Å². The van der Waals surface area contributed by atoms with E-state index < -0.39 is 72.6 Å². The summed E-state index contributed by atoms with van der Waals surface area (Å²) < 4.78 is 53.9. The fourth-order valence-corrected chi connectivity index (χ4v) is 7.26. The van der Waals surface area contributed by atoms with Crippen LogP contribution in [-0.4, -0.2) is 114 Å². The van der Waals surface area contributed by atoms with Crippen LogP contribution in [0.5, 0.6) is 0 Å². The molecule has 0 spiro atoms. The monoisotopic (exact) mass is 668 g/mol. The van der Waals surface area contributed by atoms with Crippen molar-refractivity contribution in [2.45, 2.75) is 80.9 Å². The topological polar surface area (TPSA) is 175 Å². The lowest BCUT2D eigenvalue weighted by Crippen LogP contribution is -2.62.